The van der Waals surface area contributed by atoms with E-state index in [4.69, 9.17) is 11.2 Å². The van der Waals surface area contributed by atoms with Crippen molar-refractivity contribution in [3.05, 3.63) is 124 Å². The van der Waals surface area contributed by atoms with Crippen LogP contribution in [0.1, 0.15) is 57.2 Å². The normalized spacial score (nSPS) is 16.9. The standard InChI is InChI=1S/C29H30ClP/c1-20-21(2)23(4)29(5,22(20)3)31(30)27-18-16-26(17-19-27)28(24-12-8-6-9-13-24)25-14-10-7-11-15-25/h6-19,28H,1-5H3. The molecule has 0 heterocycles. The van der Waals surface area contributed by atoms with Crippen molar-refractivity contribution in [1.82, 2.24) is 0 Å². The molecule has 31 heavy (non-hydrogen) atoms. The average Bonchev–Trinajstić information content (AvgIpc) is 2.96. The molecule has 0 N–H and O–H groups in total. The van der Waals surface area contributed by atoms with Gasteiger partial charge in [-0.2, -0.15) is 0 Å². The second kappa shape index (κ2) is 8.78. The Labute approximate surface area is 193 Å². The fraction of sp³-hybridized carbons (Fsp3) is 0.241. The van der Waals surface area contributed by atoms with Gasteiger partial charge in [-0.1, -0.05) is 107 Å². The third kappa shape index (κ3) is 3.82. The van der Waals surface area contributed by atoms with E-state index in [1.54, 1.807) is 0 Å². The maximum absolute atomic E-state index is 7.24. The molecule has 3 aromatic carbocycles. The molecule has 0 saturated carbocycles. The molecule has 4 rings (SSSR count). The van der Waals surface area contributed by atoms with Crippen LogP contribution in [-0.2, 0) is 0 Å². The summed E-state index contributed by atoms with van der Waals surface area (Å²) in [5.41, 5.74) is 9.54. The summed E-state index contributed by atoms with van der Waals surface area (Å²) in [5.74, 6) is 0.216. The summed E-state index contributed by atoms with van der Waals surface area (Å²) in [6.07, 6.45) is 0. The Hall–Kier alpha value is -2.14. The number of halogens is 1. The van der Waals surface area contributed by atoms with Gasteiger partial charge < -0.3 is 0 Å². The first-order valence-corrected chi connectivity index (χ1v) is 13.1. The van der Waals surface area contributed by atoms with Gasteiger partial charge in [0.15, 0.2) is 0 Å². The van der Waals surface area contributed by atoms with E-state index in [0.29, 0.717) is 0 Å². The molecule has 1 unspecified atom stereocenters. The van der Waals surface area contributed by atoms with Gasteiger partial charge in [0.1, 0.15) is 0 Å². The van der Waals surface area contributed by atoms with E-state index in [2.05, 4.69) is 120 Å². The molecule has 0 spiro atoms. The van der Waals surface area contributed by atoms with Crippen LogP contribution in [0.4, 0.5) is 0 Å². The lowest BCUT2D eigenvalue weighted by Gasteiger charge is -2.34. The topological polar surface area (TPSA) is 0 Å². The number of hydrogen-bond acceptors (Lipinski definition) is 0. The molecule has 1 aliphatic rings. The molecule has 0 amide bonds. The van der Waals surface area contributed by atoms with Gasteiger partial charge in [-0.3, -0.25) is 0 Å². The van der Waals surface area contributed by atoms with Crippen LogP contribution in [0, 0.1) is 0 Å². The molecule has 3 aromatic rings. The molecule has 0 aromatic heterocycles. The summed E-state index contributed by atoms with van der Waals surface area (Å²) in [6, 6.07) is 30.5. The van der Waals surface area contributed by atoms with Crippen LogP contribution < -0.4 is 5.30 Å². The number of benzene rings is 3. The van der Waals surface area contributed by atoms with Crippen LogP contribution in [0.15, 0.2) is 107 Å². The van der Waals surface area contributed by atoms with Gasteiger partial charge in [0.2, 0.25) is 0 Å². The molecule has 2 heteroatoms. The monoisotopic (exact) mass is 444 g/mol. The Bertz CT molecular complexity index is 1060. The molecule has 0 aliphatic heterocycles. The fourth-order valence-corrected chi connectivity index (χ4v) is 7.74. The average molecular weight is 445 g/mol. The fourth-order valence-electron chi connectivity index (χ4n) is 4.79. The van der Waals surface area contributed by atoms with E-state index in [1.807, 2.05) is 0 Å². The van der Waals surface area contributed by atoms with E-state index in [9.17, 15) is 0 Å². The van der Waals surface area contributed by atoms with Gasteiger partial charge in [-0.15, -0.1) is 0 Å². The summed E-state index contributed by atoms with van der Waals surface area (Å²) in [5, 5.41) is 1.16. The second-order valence-corrected chi connectivity index (χ2v) is 11.7. The van der Waals surface area contributed by atoms with E-state index in [-0.39, 0.29) is 11.1 Å². The molecular weight excluding hydrogens is 415 g/mol. The van der Waals surface area contributed by atoms with Crippen LogP contribution in [0.5, 0.6) is 0 Å². The number of allylic oxidation sites excluding steroid dienone is 4. The van der Waals surface area contributed by atoms with Crippen LogP contribution >= 0.6 is 18.5 Å². The van der Waals surface area contributed by atoms with Crippen LogP contribution in [0.25, 0.3) is 0 Å². The third-order valence-corrected chi connectivity index (χ3v) is 11.1. The van der Waals surface area contributed by atoms with Gasteiger partial charge in [0, 0.05) is 18.3 Å². The summed E-state index contributed by atoms with van der Waals surface area (Å²) in [7, 11) is -0.874. The smallest absolute Gasteiger partial charge is 0.0478 e. The van der Waals surface area contributed by atoms with Crippen molar-refractivity contribution in [2.45, 2.75) is 45.7 Å². The first-order valence-electron chi connectivity index (χ1n) is 10.9. The van der Waals surface area contributed by atoms with Crippen LogP contribution in [0.3, 0.4) is 0 Å². The predicted molar refractivity (Wildman–Crippen MR) is 138 cm³/mol. The van der Waals surface area contributed by atoms with E-state index >= 15 is 0 Å². The van der Waals surface area contributed by atoms with Gasteiger partial charge in [0.05, 0.1) is 0 Å². The van der Waals surface area contributed by atoms with Gasteiger partial charge in [-0.25, -0.2) is 0 Å². The molecule has 1 atom stereocenters. The second-order valence-electron chi connectivity index (χ2n) is 8.70. The summed E-state index contributed by atoms with van der Waals surface area (Å²) in [4.78, 5) is 0. The maximum atomic E-state index is 7.24. The largest absolute Gasteiger partial charge is 0.0899 e. The molecule has 0 bridgehead atoms. The molecular formula is C29H30ClP. The summed E-state index contributed by atoms with van der Waals surface area (Å²) < 4.78 is 0. The van der Waals surface area contributed by atoms with Crippen molar-refractivity contribution in [1.29, 1.82) is 0 Å². The molecule has 0 nitrogen and oxygen atoms in total. The number of rotatable bonds is 5. The van der Waals surface area contributed by atoms with Gasteiger partial charge in [-0.05, 0) is 67.8 Å². The zero-order valence-corrected chi connectivity index (χ0v) is 20.6. The lowest BCUT2D eigenvalue weighted by Crippen LogP contribution is -2.26. The highest BCUT2D eigenvalue weighted by Gasteiger charge is 2.43. The SMILES string of the molecule is CC1=C(C)C(C)(P(Cl)c2ccc(C(c3ccccc3)c3ccccc3)cc2)C(C)=C1C. The molecule has 0 fully saturated rings. The van der Waals surface area contributed by atoms with E-state index in [0.717, 1.165) is 0 Å². The zero-order chi connectivity index (χ0) is 22.2. The maximum Gasteiger partial charge on any atom is 0.0478 e. The highest BCUT2D eigenvalue weighted by molar-refractivity contribution is 7.91. The Morgan fingerprint density at radius 3 is 1.42 bits per heavy atom. The van der Waals surface area contributed by atoms with Crippen molar-refractivity contribution < 1.29 is 0 Å². The minimum atomic E-state index is -0.874. The van der Waals surface area contributed by atoms with Crippen molar-refractivity contribution >= 4 is 23.8 Å². The Kier molecular flexibility index (Phi) is 6.25. The quantitative estimate of drug-likeness (QED) is 0.273. The molecule has 0 saturated heterocycles. The van der Waals surface area contributed by atoms with Crippen molar-refractivity contribution in [2.24, 2.45) is 0 Å². The van der Waals surface area contributed by atoms with E-state index in [1.165, 1.54) is 44.3 Å². The van der Waals surface area contributed by atoms with Crippen molar-refractivity contribution in [3.63, 3.8) is 0 Å². The molecule has 1 aliphatic carbocycles. The molecule has 158 valence electrons. The molecule has 0 radical (unpaired) electrons. The Morgan fingerprint density at radius 1 is 0.613 bits per heavy atom. The first kappa shape index (κ1) is 22.1. The summed E-state index contributed by atoms with van der Waals surface area (Å²) >= 11 is 7.24. The minimum absolute atomic E-state index is 0.0785. The highest BCUT2D eigenvalue weighted by Crippen LogP contribution is 2.63. The van der Waals surface area contributed by atoms with Crippen LogP contribution in [0.2, 0.25) is 0 Å². The van der Waals surface area contributed by atoms with Gasteiger partial charge >= 0.3 is 0 Å². The third-order valence-electron chi connectivity index (χ3n) is 7.26. The van der Waals surface area contributed by atoms with Crippen molar-refractivity contribution in [3.8, 4) is 0 Å². The Balaban J connectivity index is 1.72. The lowest BCUT2D eigenvalue weighted by molar-refractivity contribution is 0.868. The lowest BCUT2D eigenvalue weighted by atomic mass is 9.85. The van der Waals surface area contributed by atoms with Crippen LogP contribution in [-0.4, -0.2) is 5.16 Å². The van der Waals surface area contributed by atoms with Gasteiger partial charge in [0.25, 0.3) is 0 Å². The first-order chi connectivity index (χ1) is 14.9. The van der Waals surface area contributed by atoms with E-state index < -0.39 is 7.27 Å². The Morgan fingerprint density at radius 2 is 1.00 bits per heavy atom. The highest BCUT2D eigenvalue weighted by atomic mass is 35.7. The van der Waals surface area contributed by atoms with Crippen molar-refractivity contribution in [2.75, 3.05) is 0 Å². The summed E-state index contributed by atoms with van der Waals surface area (Å²) in [6.45, 7) is 11.3. The predicted octanol–water partition coefficient (Wildman–Crippen LogP) is 8.57. The minimum Gasteiger partial charge on any atom is -0.0899 e. The number of hydrogen-bond donors (Lipinski definition) is 0. The zero-order valence-electron chi connectivity index (χ0n) is 19.0.